The zero-order chi connectivity index (χ0) is 24.9. The summed E-state index contributed by atoms with van der Waals surface area (Å²) in [7, 11) is 0. The largest absolute Gasteiger partial charge is 0.369 e. The van der Waals surface area contributed by atoms with Crippen molar-refractivity contribution in [3.63, 3.8) is 0 Å². The first-order chi connectivity index (χ1) is 16.6. The number of fused-ring (bicyclic) bond motifs is 1. The molecular formula is C26H32FN5O3. The number of benzene rings is 1. The molecule has 0 radical (unpaired) electrons. The Labute approximate surface area is 204 Å². The monoisotopic (exact) mass is 481 g/mol. The highest BCUT2D eigenvalue weighted by molar-refractivity contribution is 6.06. The molecule has 2 saturated heterocycles. The second kappa shape index (κ2) is 8.78. The van der Waals surface area contributed by atoms with Crippen LogP contribution in [0.3, 0.4) is 0 Å². The van der Waals surface area contributed by atoms with Gasteiger partial charge < -0.3 is 14.8 Å². The fourth-order valence-electron chi connectivity index (χ4n) is 5.25. The van der Waals surface area contributed by atoms with Crippen molar-refractivity contribution in [2.45, 2.75) is 58.2 Å². The number of carbonyl (C=O) groups excluding carboxylic acids is 3. The molecule has 3 aliphatic heterocycles. The van der Waals surface area contributed by atoms with Gasteiger partial charge in [0.15, 0.2) is 0 Å². The number of imide groups is 1. The van der Waals surface area contributed by atoms with Gasteiger partial charge in [-0.25, -0.2) is 4.39 Å². The molecule has 8 nitrogen and oxygen atoms in total. The molecule has 0 bridgehead atoms. The van der Waals surface area contributed by atoms with Gasteiger partial charge >= 0.3 is 0 Å². The molecule has 0 saturated carbocycles. The molecule has 2 fully saturated rings. The van der Waals surface area contributed by atoms with E-state index in [-0.39, 0.29) is 36.6 Å². The van der Waals surface area contributed by atoms with Gasteiger partial charge in [0.1, 0.15) is 11.9 Å². The third-order valence-electron chi connectivity index (χ3n) is 7.26. The predicted octanol–water partition coefficient (Wildman–Crippen LogP) is 2.53. The van der Waals surface area contributed by atoms with Gasteiger partial charge in [-0.15, -0.1) is 0 Å². The van der Waals surface area contributed by atoms with Crippen LogP contribution in [0.4, 0.5) is 10.1 Å². The molecule has 1 atom stereocenters. The molecule has 5 rings (SSSR count). The molecule has 1 aromatic carbocycles. The van der Waals surface area contributed by atoms with Gasteiger partial charge in [-0.05, 0) is 30.7 Å². The quantitative estimate of drug-likeness (QED) is 0.656. The summed E-state index contributed by atoms with van der Waals surface area (Å²) >= 11 is 0. The summed E-state index contributed by atoms with van der Waals surface area (Å²) < 4.78 is 14.6. The Bertz CT molecular complexity index is 1180. The lowest BCUT2D eigenvalue weighted by Crippen LogP contribution is -2.52. The first-order valence-electron chi connectivity index (χ1n) is 12.2. The second-order valence-corrected chi connectivity index (χ2v) is 10.8. The Kier molecular flexibility index (Phi) is 5.91. The third kappa shape index (κ3) is 4.57. The molecule has 2 aromatic rings. The summed E-state index contributed by atoms with van der Waals surface area (Å²) in [5, 5.41) is 2.31. The van der Waals surface area contributed by atoms with Crippen LogP contribution in [0.25, 0.3) is 0 Å². The minimum absolute atomic E-state index is 0.0772. The molecule has 9 heteroatoms. The summed E-state index contributed by atoms with van der Waals surface area (Å²) in [6, 6.07) is 6.34. The van der Waals surface area contributed by atoms with E-state index in [1.165, 1.54) is 28.4 Å². The van der Waals surface area contributed by atoms with E-state index in [1.54, 1.807) is 0 Å². The van der Waals surface area contributed by atoms with Gasteiger partial charge in [0, 0.05) is 79.3 Å². The van der Waals surface area contributed by atoms with E-state index >= 15 is 0 Å². The smallest absolute Gasteiger partial charge is 0.255 e. The van der Waals surface area contributed by atoms with Gasteiger partial charge in [-0.2, -0.15) is 0 Å². The number of hydrogen-bond donors (Lipinski definition) is 2. The Morgan fingerprint density at radius 1 is 1.06 bits per heavy atom. The number of anilines is 1. The van der Waals surface area contributed by atoms with Gasteiger partial charge in [-0.1, -0.05) is 20.8 Å². The normalized spacial score (nSPS) is 21.5. The number of nitrogens with zero attached hydrogens (tertiary/aromatic N) is 3. The summed E-state index contributed by atoms with van der Waals surface area (Å²) in [6.07, 6.45) is 0.480. The number of amides is 3. The second-order valence-electron chi connectivity index (χ2n) is 10.8. The molecule has 1 aromatic heterocycles. The highest BCUT2D eigenvalue weighted by Gasteiger charge is 2.41. The molecule has 186 valence electrons. The first-order valence-corrected chi connectivity index (χ1v) is 12.2. The Balaban J connectivity index is 1.28. The van der Waals surface area contributed by atoms with E-state index < -0.39 is 17.8 Å². The number of H-pyrrole nitrogens is 1. The maximum Gasteiger partial charge on any atom is 0.255 e. The van der Waals surface area contributed by atoms with E-state index in [9.17, 15) is 18.8 Å². The number of nitrogens with one attached hydrogen (secondary N) is 2. The van der Waals surface area contributed by atoms with Crippen molar-refractivity contribution in [1.82, 2.24) is 20.1 Å². The van der Waals surface area contributed by atoms with Crippen LogP contribution in [-0.4, -0.2) is 64.7 Å². The average Bonchev–Trinajstić information content (AvgIpc) is 3.39. The van der Waals surface area contributed by atoms with Crippen molar-refractivity contribution in [2.24, 2.45) is 0 Å². The predicted molar refractivity (Wildman–Crippen MR) is 129 cm³/mol. The minimum atomic E-state index is -0.709. The van der Waals surface area contributed by atoms with Gasteiger partial charge in [0.25, 0.3) is 5.91 Å². The first kappa shape index (κ1) is 23.5. The summed E-state index contributed by atoms with van der Waals surface area (Å²) in [5.41, 5.74) is 4.26. The highest BCUT2D eigenvalue weighted by atomic mass is 19.1. The number of aromatic nitrogens is 1. The van der Waals surface area contributed by atoms with Gasteiger partial charge in [0.2, 0.25) is 11.8 Å². The number of piperidine rings is 1. The van der Waals surface area contributed by atoms with E-state index in [1.807, 2.05) is 0 Å². The fourth-order valence-corrected chi connectivity index (χ4v) is 5.25. The summed E-state index contributed by atoms with van der Waals surface area (Å²) in [6.45, 7) is 10.7. The maximum atomic E-state index is 14.6. The summed E-state index contributed by atoms with van der Waals surface area (Å²) in [5.74, 6) is -1.60. The van der Waals surface area contributed by atoms with Crippen molar-refractivity contribution in [3.05, 3.63) is 52.6 Å². The van der Waals surface area contributed by atoms with E-state index in [0.717, 1.165) is 44.0 Å². The lowest BCUT2D eigenvalue weighted by molar-refractivity contribution is -0.136. The number of aromatic amines is 1. The van der Waals surface area contributed by atoms with Crippen LogP contribution in [0.15, 0.2) is 24.3 Å². The lowest BCUT2D eigenvalue weighted by Gasteiger charge is -2.37. The Hall–Kier alpha value is -3.20. The molecule has 2 N–H and O–H groups in total. The van der Waals surface area contributed by atoms with Crippen LogP contribution in [0.2, 0.25) is 0 Å². The Morgan fingerprint density at radius 3 is 2.46 bits per heavy atom. The maximum absolute atomic E-state index is 14.6. The summed E-state index contributed by atoms with van der Waals surface area (Å²) in [4.78, 5) is 46.5. The number of halogens is 1. The SMILES string of the molecule is CC(C)(C)c1ccc(CN2CCN(c3cc(F)cc4c3CN(C3CCC(=O)NC3=O)C4=O)CC2)[nH]1. The van der Waals surface area contributed by atoms with Crippen molar-refractivity contribution in [2.75, 3.05) is 31.1 Å². The topological polar surface area (TPSA) is 88.8 Å². The molecule has 0 aliphatic carbocycles. The molecule has 35 heavy (non-hydrogen) atoms. The van der Waals surface area contributed by atoms with Crippen molar-refractivity contribution in [3.8, 4) is 0 Å². The molecule has 4 heterocycles. The van der Waals surface area contributed by atoms with Crippen LogP contribution in [-0.2, 0) is 28.1 Å². The van der Waals surface area contributed by atoms with Crippen molar-refractivity contribution < 1.29 is 18.8 Å². The van der Waals surface area contributed by atoms with Crippen LogP contribution in [0.5, 0.6) is 0 Å². The average molecular weight is 482 g/mol. The number of carbonyl (C=O) groups is 3. The third-order valence-corrected chi connectivity index (χ3v) is 7.26. The molecule has 3 amide bonds. The van der Waals surface area contributed by atoms with E-state index in [2.05, 4.69) is 53.0 Å². The number of hydrogen-bond acceptors (Lipinski definition) is 5. The fraction of sp³-hybridized carbons (Fsp3) is 0.500. The Morgan fingerprint density at radius 2 is 1.80 bits per heavy atom. The van der Waals surface area contributed by atoms with Gasteiger partial charge in [0.05, 0.1) is 0 Å². The minimum Gasteiger partial charge on any atom is -0.369 e. The number of rotatable bonds is 4. The zero-order valence-electron chi connectivity index (χ0n) is 20.5. The van der Waals surface area contributed by atoms with Crippen LogP contribution in [0, 0.1) is 5.82 Å². The van der Waals surface area contributed by atoms with Crippen molar-refractivity contribution >= 4 is 23.4 Å². The molecule has 1 unspecified atom stereocenters. The molecular weight excluding hydrogens is 449 g/mol. The highest BCUT2D eigenvalue weighted by Crippen LogP contribution is 2.35. The molecule has 0 spiro atoms. The zero-order valence-corrected chi connectivity index (χ0v) is 20.5. The van der Waals surface area contributed by atoms with Crippen LogP contribution < -0.4 is 10.2 Å². The standard InChI is InChI=1S/C26H32FN5O3/c1-26(2,3)22-6-4-17(28-22)14-30-8-10-31(11-9-30)21-13-16(27)12-18-19(21)15-32(25(18)35)20-5-7-23(33)29-24(20)34/h4,6,12-13,20,28H,5,7-11,14-15H2,1-3H3,(H,29,33,34). The van der Waals surface area contributed by atoms with Crippen LogP contribution >= 0.6 is 0 Å². The van der Waals surface area contributed by atoms with Crippen LogP contribution in [0.1, 0.15) is 60.9 Å². The number of piperazine rings is 1. The van der Waals surface area contributed by atoms with E-state index in [0.29, 0.717) is 5.56 Å². The molecule has 3 aliphatic rings. The van der Waals surface area contributed by atoms with E-state index in [4.69, 9.17) is 0 Å². The van der Waals surface area contributed by atoms with Gasteiger partial charge in [-0.3, -0.25) is 24.6 Å². The van der Waals surface area contributed by atoms with Crippen molar-refractivity contribution in [1.29, 1.82) is 0 Å². The lowest BCUT2D eigenvalue weighted by atomic mass is 9.93.